The Morgan fingerprint density at radius 2 is 1.73 bits per heavy atom. The van der Waals surface area contributed by atoms with Crippen LogP contribution in [0.5, 0.6) is 5.75 Å². The van der Waals surface area contributed by atoms with E-state index >= 15 is 0 Å². The second kappa shape index (κ2) is 7.97. The lowest BCUT2D eigenvalue weighted by molar-refractivity contribution is -0.885. The van der Waals surface area contributed by atoms with E-state index in [9.17, 15) is 9.18 Å². The number of quaternary nitrogens is 1. The largest absolute Gasteiger partial charge is 0.497 e. The Morgan fingerprint density at radius 1 is 1.04 bits per heavy atom. The molecule has 3 rings (SSSR count). The first-order chi connectivity index (χ1) is 12.5. The molecular formula is C21H22FN2O2+. The first-order valence-corrected chi connectivity index (χ1v) is 8.47. The number of rotatable bonds is 6. The minimum Gasteiger partial charge on any atom is -0.497 e. The highest BCUT2D eigenvalue weighted by molar-refractivity contribution is 5.91. The third kappa shape index (κ3) is 4.58. The summed E-state index contributed by atoms with van der Waals surface area (Å²) < 4.78 is 18.2. The normalized spacial score (nSPS) is 12.0. The molecule has 3 aromatic rings. The molecule has 0 spiro atoms. The average molecular weight is 353 g/mol. The van der Waals surface area contributed by atoms with E-state index in [0.29, 0.717) is 12.2 Å². The summed E-state index contributed by atoms with van der Waals surface area (Å²) in [6, 6.07) is 18.0. The molecule has 0 saturated carbocycles. The molecular weight excluding hydrogens is 331 g/mol. The summed E-state index contributed by atoms with van der Waals surface area (Å²) in [7, 11) is 3.63. The van der Waals surface area contributed by atoms with Crippen molar-refractivity contribution >= 4 is 22.4 Å². The number of hydrogen-bond acceptors (Lipinski definition) is 2. The van der Waals surface area contributed by atoms with Crippen LogP contribution in [0.15, 0.2) is 60.7 Å². The van der Waals surface area contributed by atoms with Crippen molar-refractivity contribution in [1.29, 1.82) is 0 Å². The van der Waals surface area contributed by atoms with Gasteiger partial charge in [-0.05, 0) is 53.2 Å². The number of methoxy groups -OCH3 is 1. The molecule has 3 aromatic carbocycles. The highest BCUT2D eigenvalue weighted by Gasteiger charge is 2.11. The van der Waals surface area contributed by atoms with Gasteiger partial charge in [-0.3, -0.25) is 4.79 Å². The summed E-state index contributed by atoms with van der Waals surface area (Å²) in [5.41, 5.74) is 1.76. The van der Waals surface area contributed by atoms with Gasteiger partial charge >= 0.3 is 0 Å². The SMILES string of the molecule is COc1ccc2cc(C[NH+](C)CC(=O)Nc3ccc(F)cc3)ccc2c1. The van der Waals surface area contributed by atoms with Crippen LogP contribution in [0.1, 0.15) is 5.56 Å². The molecule has 0 radical (unpaired) electrons. The zero-order chi connectivity index (χ0) is 18.5. The van der Waals surface area contributed by atoms with Crippen molar-refractivity contribution in [2.75, 3.05) is 26.0 Å². The maximum absolute atomic E-state index is 12.9. The zero-order valence-electron chi connectivity index (χ0n) is 14.9. The third-order valence-corrected chi connectivity index (χ3v) is 4.21. The molecule has 0 aliphatic carbocycles. The standard InChI is InChI=1S/C21H21FN2O2/c1-24(14-21(25)23-19-8-6-18(22)7-9-19)13-15-3-4-17-12-20(26-2)10-5-16(17)11-15/h3-12H,13-14H2,1-2H3,(H,23,25)/p+1. The predicted octanol–water partition coefficient (Wildman–Crippen LogP) is 2.64. The van der Waals surface area contributed by atoms with E-state index in [1.807, 2.05) is 25.2 Å². The van der Waals surface area contributed by atoms with Crippen molar-refractivity contribution in [3.8, 4) is 5.75 Å². The van der Waals surface area contributed by atoms with E-state index in [4.69, 9.17) is 4.74 Å². The number of halogens is 1. The molecule has 2 N–H and O–H groups in total. The summed E-state index contributed by atoms with van der Waals surface area (Å²) in [6.45, 7) is 1.07. The Bertz CT molecular complexity index is 910. The number of anilines is 1. The fourth-order valence-electron chi connectivity index (χ4n) is 2.93. The van der Waals surface area contributed by atoms with Gasteiger partial charge in [-0.2, -0.15) is 0 Å². The molecule has 4 nitrogen and oxygen atoms in total. The van der Waals surface area contributed by atoms with E-state index in [-0.39, 0.29) is 11.7 Å². The number of ether oxygens (including phenoxy) is 1. The number of carbonyl (C=O) groups is 1. The first kappa shape index (κ1) is 17.9. The van der Waals surface area contributed by atoms with Gasteiger partial charge in [0.05, 0.1) is 14.2 Å². The highest BCUT2D eigenvalue weighted by atomic mass is 19.1. The predicted molar refractivity (Wildman–Crippen MR) is 101 cm³/mol. The lowest BCUT2D eigenvalue weighted by atomic mass is 10.1. The minimum absolute atomic E-state index is 0.0976. The van der Waals surface area contributed by atoms with E-state index in [2.05, 4.69) is 23.5 Å². The van der Waals surface area contributed by atoms with Crippen LogP contribution in [0.2, 0.25) is 0 Å². The molecule has 5 heteroatoms. The Hall–Kier alpha value is -2.92. The molecule has 0 aromatic heterocycles. The number of nitrogens with one attached hydrogen (secondary N) is 2. The fourth-order valence-corrected chi connectivity index (χ4v) is 2.93. The number of amides is 1. The van der Waals surface area contributed by atoms with Gasteiger partial charge in [-0.25, -0.2) is 4.39 Å². The van der Waals surface area contributed by atoms with Crippen molar-refractivity contribution in [2.45, 2.75) is 6.54 Å². The highest BCUT2D eigenvalue weighted by Crippen LogP contribution is 2.21. The lowest BCUT2D eigenvalue weighted by Crippen LogP contribution is -3.08. The molecule has 26 heavy (non-hydrogen) atoms. The van der Waals surface area contributed by atoms with Crippen LogP contribution in [0.4, 0.5) is 10.1 Å². The van der Waals surface area contributed by atoms with Crippen LogP contribution < -0.4 is 15.0 Å². The number of fused-ring (bicyclic) bond motifs is 1. The fraction of sp³-hybridized carbons (Fsp3) is 0.190. The maximum Gasteiger partial charge on any atom is 0.279 e. The average Bonchev–Trinajstić information content (AvgIpc) is 2.63. The molecule has 0 fully saturated rings. The van der Waals surface area contributed by atoms with Crippen LogP contribution >= 0.6 is 0 Å². The number of hydrogen-bond donors (Lipinski definition) is 2. The van der Waals surface area contributed by atoms with Crippen LogP contribution in [-0.2, 0) is 11.3 Å². The van der Waals surface area contributed by atoms with E-state index in [1.165, 1.54) is 12.1 Å². The summed E-state index contributed by atoms with van der Waals surface area (Å²) in [5, 5.41) is 5.06. The van der Waals surface area contributed by atoms with Gasteiger partial charge in [-0.1, -0.05) is 18.2 Å². The van der Waals surface area contributed by atoms with Crippen molar-refractivity contribution in [1.82, 2.24) is 0 Å². The molecule has 1 atom stereocenters. The van der Waals surface area contributed by atoms with Crippen LogP contribution in [0.25, 0.3) is 10.8 Å². The van der Waals surface area contributed by atoms with Crippen molar-refractivity contribution in [2.24, 2.45) is 0 Å². The zero-order valence-corrected chi connectivity index (χ0v) is 14.9. The van der Waals surface area contributed by atoms with Crippen LogP contribution in [0.3, 0.4) is 0 Å². The van der Waals surface area contributed by atoms with Gasteiger partial charge in [0, 0.05) is 11.3 Å². The summed E-state index contributed by atoms with van der Waals surface area (Å²) in [5.74, 6) is 0.421. The van der Waals surface area contributed by atoms with Crippen molar-refractivity contribution in [3.63, 3.8) is 0 Å². The Labute approximate surface area is 152 Å². The monoisotopic (exact) mass is 353 g/mol. The van der Waals surface area contributed by atoms with Crippen molar-refractivity contribution < 1.29 is 18.8 Å². The molecule has 0 heterocycles. The molecule has 0 aliphatic heterocycles. The van der Waals surface area contributed by atoms with Gasteiger partial charge in [0.25, 0.3) is 5.91 Å². The smallest absolute Gasteiger partial charge is 0.279 e. The summed E-state index contributed by atoms with van der Waals surface area (Å²) in [6.07, 6.45) is 0. The third-order valence-electron chi connectivity index (χ3n) is 4.21. The summed E-state index contributed by atoms with van der Waals surface area (Å²) in [4.78, 5) is 13.2. The van der Waals surface area contributed by atoms with E-state index in [0.717, 1.165) is 33.5 Å². The Morgan fingerprint density at radius 3 is 2.46 bits per heavy atom. The summed E-state index contributed by atoms with van der Waals surface area (Å²) >= 11 is 0. The number of benzene rings is 3. The second-order valence-corrected chi connectivity index (χ2v) is 6.41. The van der Waals surface area contributed by atoms with Crippen LogP contribution in [-0.4, -0.2) is 26.6 Å². The van der Waals surface area contributed by atoms with Crippen LogP contribution in [0, 0.1) is 5.82 Å². The Kier molecular flexibility index (Phi) is 5.49. The van der Waals surface area contributed by atoms with Gasteiger partial charge in [0.15, 0.2) is 6.54 Å². The molecule has 1 amide bonds. The molecule has 0 bridgehead atoms. The van der Waals surface area contributed by atoms with Gasteiger partial charge in [0.1, 0.15) is 18.1 Å². The minimum atomic E-state index is -0.320. The lowest BCUT2D eigenvalue weighted by Gasteiger charge is -2.14. The molecule has 134 valence electrons. The molecule has 0 saturated heterocycles. The topological polar surface area (TPSA) is 42.8 Å². The Balaban J connectivity index is 1.60. The van der Waals surface area contributed by atoms with Gasteiger partial charge in [-0.15, -0.1) is 0 Å². The second-order valence-electron chi connectivity index (χ2n) is 6.41. The van der Waals surface area contributed by atoms with E-state index in [1.54, 1.807) is 19.2 Å². The van der Waals surface area contributed by atoms with E-state index < -0.39 is 0 Å². The molecule has 0 aliphatic rings. The van der Waals surface area contributed by atoms with Gasteiger partial charge < -0.3 is 15.0 Å². The van der Waals surface area contributed by atoms with Gasteiger partial charge in [0.2, 0.25) is 0 Å². The molecule has 1 unspecified atom stereocenters. The van der Waals surface area contributed by atoms with Crippen molar-refractivity contribution in [3.05, 3.63) is 72.0 Å². The number of likely N-dealkylation sites (N-methyl/N-ethyl adjacent to an activating group) is 1. The maximum atomic E-state index is 12.9. The number of carbonyl (C=O) groups excluding carboxylic acids is 1. The quantitative estimate of drug-likeness (QED) is 0.715. The first-order valence-electron chi connectivity index (χ1n) is 8.47.